The predicted octanol–water partition coefficient (Wildman–Crippen LogP) is 3.59. The average Bonchev–Trinajstić information content (AvgIpc) is 3.42. The molecule has 1 atom stereocenters. The minimum absolute atomic E-state index is 0.302. The first-order valence-corrected chi connectivity index (χ1v) is 11.8. The van der Waals surface area contributed by atoms with Gasteiger partial charge in [-0.1, -0.05) is 24.6 Å². The second kappa shape index (κ2) is 10.1. The molecule has 1 unspecified atom stereocenters. The van der Waals surface area contributed by atoms with Crippen LogP contribution in [0, 0.1) is 18.3 Å². The van der Waals surface area contributed by atoms with Crippen LogP contribution < -0.4 is 21.1 Å². The van der Waals surface area contributed by atoms with Gasteiger partial charge in [0.25, 0.3) is 0 Å². The summed E-state index contributed by atoms with van der Waals surface area (Å²) in [6, 6.07) is 6.45. The van der Waals surface area contributed by atoms with Gasteiger partial charge in [-0.3, -0.25) is 10.8 Å². The minimum atomic E-state index is 0.302. The van der Waals surface area contributed by atoms with Crippen molar-refractivity contribution in [2.75, 3.05) is 43.6 Å². The Morgan fingerprint density at radius 2 is 2.09 bits per heavy atom. The average molecular weight is 449 g/mol. The highest BCUT2D eigenvalue weighted by molar-refractivity contribution is 5.94. The number of likely N-dealkylation sites (N-methyl/N-ethyl adjacent to an activating group) is 1. The predicted molar refractivity (Wildman–Crippen MR) is 137 cm³/mol. The molecule has 3 heterocycles. The number of amidine groups is 1. The Labute approximate surface area is 197 Å². The van der Waals surface area contributed by atoms with E-state index in [0.717, 1.165) is 43.3 Å². The molecule has 8 heteroatoms. The van der Waals surface area contributed by atoms with E-state index in [0.29, 0.717) is 11.8 Å². The van der Waals surface area contributed by atoms with E-state index < -0.39 is 0 Å². The Bertz CT molecular complexity index is 1000. The second-order valence-electron chi connectivity index (χ2n) is 9.08. The molecule has 33 heavy (non-hydrogen) atoms. The SMILES string of the molecule is CNC/C(C)=C/C=C\C(=N)N1CC(C)C2=C1NN(Nc1ccc(N3CCCC3)c(C)c1)N=C2. The lowest BCUT2D eigenvalue weighted by Gasteiger charge is -2.30. The van der Waals surface area contributed by atoms with Gasteiger partial charge in [0.1, 0.15) is 11.7 Å². The fourth-order valence-electron chi connectivity index (χ4n) is 4.58. The number of hydrazone groups is 1. The van der Waals surface area contributed by atoms with Gasteiger partial charge >= 0.3 is 0 Å². The first-order valence-electron chi connectivity index (χ1n) is 11.8. The third-order valence-electron chi connectivity index (χ3n) is 6.31. The molecule has 1 saturated heterocycles. The van der Waals surface area contributed by atoms with Gasteiger partial charge in [0.05, 0.1) is 11.9 Å². The van der Waals surface area contributed by atoms with Crippen LogP contribution in [0.1, 0.15) is 32.3 Å². The third-order valence-corrected chi connectivity index (χ3v) is 6.31. The molecule has 4 rings (SSSR count). The van der Waals surface area contributed by atoms with Crippen molar-refractivity contribution in [1.29, 1.82) is 5.41 Å². The molecule has 3 aliphatic heterocycles. The fraction of sp³-hybridized carbons (Fsp3) is 0.440. The van der Waals surface area contributed by atoms with Crippen LogP contribution >= 0.6 is 0 Å². The van der Waals surface area contributed by atoms with Crippen molar-refractivity contribution in [1.82, 2.24) is 20.9 Å². The summed E-state index contributed by atoms with van der Waals surface area (Å²) in [7, 11) is 1.93. The van der Waals surface area contributed by atoms with Crippen LogP contribution in [0.4, 0.5) is 11.4 Å². The van der Waals surface area contributed by atoms with Crippen molar-refractivity contribution in [3.8, 4) is 0 Å². The molecular formula is C25H36N8. The van der Waals surface area contributed by atoms with Crippen LogP contribution in [0.5, 0.6) is 0 Å². The molecule has 4 N–H and O–H groups in total. The van der Waals surface area contributed by atoms with Gasteiger partial charge in [0.2, 0.25) is 0 Å². The smallest absolute Gasteiger partial charge is 0.134 e. The highest BCUT2D eigenvalue weighted by atomic mass is 15.9. The van der Waals surface area contributed by atoms with Gasteiger partial charge in [-0.2, -0.15) is 0 Å². The third kappa shape index (κ3) is 5.22. The van der Waals surface area contributed by atoms with E-state index in [-0.39, 0.29) is 0 Å². The Morgan fingerprint density at radius 3 is 2.82 bits per heavy atom. The standard InChI is InChI=1S/C25H36N8/c1-18(15-27-4)8-7-9-24(26)32-17-20(3)22-16-28-33(30-25(22)32)29-21-10-11-23(19(2)14-21)31-12-5-6-13-31/h7-11,14,16,20,26-27,29-30H,5-6,12-13,15,17H2,1-4H3/b9-7-,18-8+,26-24?. The van der Waals surface area contributed by atoms with Crippen molar-refractivity contribution in [2.24, 2.45) is 11.0 Å². The molecule has 176 valence electrons. The number of aryl methyl sites for hydroxylation is 1. The quantitative estimate of drug-likeness (QED) is 0.290. The van der Waals surface area contributed by atoms with Crippen LogP contribution in [0.25, 0.3) is 0 Å². The molecule has 1 aromatic carbocycles. The summed E-state index contributed by atoms with van der Waals surface area (Å²) in [5.41, 5.74) is 12.6. The summed E-state index contributed by atoms with van der Waals surface area (Å²) >= 11 is 0. The zero-order valence-corrected chi connectivity index (χ0v) is 20.2. The van der Waals surface area contributed by atoms with Crippen LogP contribution in [0.15, 0.2) is 58.5 Å². The Kier molecular flexibility index (Phi) is 7.03. The molecule has 0 aromatic heterocycles. The van der Waals surface area contributed by atoms with E-state index >= 15 is 0 Å². The van der Waals surface area contributed by atoms with Gasteiger partial charge < -0.3 is 15.1 Å². The van der Waals surface area contributed by atoms with Gasteiger partial charge in [-0.15, -0.1) is 10.3 Å². The number of allylic oxidation sites excluding steroid dienone is 2. The van der Waals surface area contributed by atoms with Crippen LogP contribution in [0.2, 0.25) is 0 Å². The summed E-state index contributed by atoms with van der Waals surface area (Å²) < 4.78 is 0. The summed E-state index contributed by atoms with van der Waals surface area (Å²) in [5.74, 6) is 1.66. The van der Waals surface area contributed by atoms with Crippen molar-refractivity contribution in [2.45, 2.75) is 33.6 Å². The normalized spacial score (nSPS) is 20.7. The Hall–Kier alpha value is -3.26. The van der Waals surface area contributed by atoms with Crippen LogP contribution in [-0.4, -0.2) is 55.4 Å². The number of anilines is 2. The van der Waals surface area contributed by atoms with Crippen LogP contribution in [-0.2, 0) is 0 Å². The van der Waals surface area contributed by atoms with E-state index in [4.69, 9.17) is 5.41 Å². The fourth-order valence-corrected chi connectivity index (χ4v) is 4.58. The molecule has 0 aliphatic carbocycles. The summed E-state index contributed by atoms with van der Waals surface area (Å²) in [4.78, 5) is 4.46. The topological polar surface area (TPSA) is 82.0 Å². The number of hydrazine groups is 2. The summed E-state index contributed by atoms with van der Waals surface area (Å²) in [6.07, 6.45) is 10.3. The van der Waals surface area contributed by atoms with E-state index in [2.05, 4.69) is 65.1 Å². The Balaban J connectivity index is 1.42. The maximum absolute atomic E-state index is 8.60. The van der Waals surface area contributed by atoms with Gasteiger partial charge in [0.15, 0.2) is 0 Å². The lowest BCUT2D eigenvalue weighted by atomic mass is 10.1. The molecule has 0 saturated carbocycles. The highest BCUT2D eigenvalue weighted by Crippen LogP contribution is 2.30. The largest absolute Gasteiger partial charge is 0.371 e. The zero-order valence-electron chi connectivity index (χ0n) is 20.2. The number of benzene rings is 1. The molecule has 0 amide bonds. The maximum atomic E-state index is 8.60. The number of hydrogen-bond donors (Lipinski definition) is 4. The second-order valence-corrected chi connectivity index (χ2v) is 9.08. The van der Waals surface area contributed by atoms with E-state index in [1.165, 1.54) is 29.7 Å². The first-order chi connectivity index (χ1) is 16.0. The highest BCUT2D eigenvalue weighted by Gasteiger charge is 2.32. The number of nitrogens with zero attached hydrogens (tertiary/aromatic N) is 4. The van der Waals surface area contributed by atoms with Crippen molar-refractivity contribution >= 4 is 23.4 Å². The minimum Gasteiger partial charge on any atom is -0.371 e. The van der Waals surface area contributed by atoms with Crippen molar-refractivity contribution < 1.29 is 0 Å². The van der Waals surface area contributed by atoms with Gasteiger partial charge in [0, 0.05) is 43.4 Å². The monoisotopic (exact) mass is 448 g/mol. The molecule has 3 aliphatic rings. The maximum Gasteiger partial charge on any atom is 0.134 e. The lowest BCUT2D eigenvalue weighted by molar-refractivity contribution is 0.245. The van der Waals surface area contributed by atoms with E-state index in [1.54, 1.807) is 5.23 Å². The summed E-state index contributed by atoms with van der Waals surface area (Å²) in [6.45, 7) is 10.3. The summed E-state index contributed by atoms with van der Waals surface area (Å²) in [5, 5.41) is 17.9. The molecular weight excluding hydrogens is 412 g/mol. The molecule has 1 fully saturated rings. The number of rotatable bonds is 7. The van der Waals surface area contributed by atoms with Gasteiger partial charge in [-0.05, 0) is 63.6 Å². The van der Waals surface area contributed by atoms with Gasteiger partial charge in [-0.25, -0.2) is 5.43 Å². The molecule has 0 spiro atoms. The molecule has 0 bridgehead atoms. The number of hydrogen-bond acceptors (Lipinski definition) is 7. The van der Waals surface area contributed by atoms with Crippen LogP contribution in [0.3, 0.4) is 0 Å². The Morgan fingerprint density at radius 1 is 1.30 bits per heavy atom. The molecule has 0 radical (unpaired) electrons. The molecule has 1 aromatic rings. The van der Waals surface area contributed by atoms with Crippen molar-refractivity contribution in [3.05, 3.63) is 59.0 Å². The van der Waals surface area contributed by atoms with E-state index in [9.17, 15) is 0 Å². The molecule has 8 nitrogen and oxygen atoms in total. The number of nitrogens with one attached hydrogen (secondary N) is 4. The lowest BCUT2D eigenvalue weighted by Crippen LogP contribution is -2.45. The zero-order chi connectivity index (χ0) is 23.4. The first kappa shape index (κ1) is 22.9. The van der Waals surface area contributed by atoms with Crippen molar-refractivity contribution in [3.63, 3.8) is 0 Å². The van der Waals surface area contributed by atoms with E-state index in [1.807, 2.05) is 36.4 Å².